The highest BCUT2D eigenvalue weighted by Gasteiger charge is 2.73. The molecule has 0 saturated carbocycles. The van der Waals surface area contributed by atoms with Crippen LogP contribution in [0.4, 0.5) is 0 Å². The molecule has 2 unspecified atom stereocenters. The number of thioether (sulfide) groups is 1. The van der Waals surface area contributed by atoms with Gasteiger partial charge in [-0.25, -0.2) is 0 Å². The van der Waals surface area contributed by atoms with Crippen molar-refractivity contribution in [3.63, 3.8) is 0 Å². The third-order valence-electron chi connectivity index (χ3n) is 6.84. The van der Waals surface area contributed by atoms with Crippen LogP contribution in [0, 0.1) is 17.3 Å². The highest BCUT2D eigenvalue weighted by molar-refractivity contribution is 8.02. The van der Waals surface area contributed by atoms with Crippen LogP contribution in [-0.4, -0.2) is 69.5 Å². The van der Waals surface area contributed by atoms with Crippen molar-refractivity contribution in [3.8, 4) is 0 Å². The molecule has 3 heterocycles. The molecule has 3 aliphatic rings. The first-order valence-electron chi connectivity index (χ1n) is 11.5. The van der Waals surface area contributed by atoms with Gasteiger partial charge in [-0.05, 0) is 51.4 Å². The summed E-state index contributed by atoms with van der Waals surface area (Å²) in [6.07, 6.45) is 3.66. The van der Waals surface area contributed by atoms with Gasteiger partial charge >= 0.3 is 0 Å². The number of nitrogens with one attached hydrogen (secondary N) is 2. The van der Waals surface area contributed by atoms with Gasteiger partial charge in [0, 0.05) is 31.0 Å². The Kier molecular flexibility index (Phi) is 6.74. The van der Waals surface area contributed by atoms with Crippen LogP contribution in [0.15, 0.2) is 0 Å². The van der Waals surface area contributed by atoms with E-state index < -0.39 is 22.2 Å². The summed E-state index contributed by atoms with van der Waals surface area (Å²) in [6.45, 7) is 11.0. The van der Waals surface area contributed by atoms with Crippen LogP contribution < -0.4 is 10.6 Å². The minimum absolute atomic E-state index is 0.0504. The summed E-state index contributed by atoms with van der Waals surface area (Å²) < 4.78 is -0.542. The Bertz CT molecular complexity index is 735. The number of carbonyl (C=O) groups excluding carboxylic acids is 3. The number of unbranched alkanes of at least 4 members (excludes halogenated alkanes) is 1. The summed E-state index contributed by atoms with van der Waals surface area (Å²) >= 11 is 1.69. The van der Waals surface area contributed by atoms with E-state index in [1.807, 2.05) is 13.8 Å². The minimum Gasteiger partial charge on any atom is -0.396 e. The molecule has 176 valence electrons. The molecule has 2 bridgehead atoms. The molecule has 0 radical (unpaired) electrons. The van der Waals surface area contributed by atoms with Crippen LogP contribution in [0.1, 0.15) is 66.7 Å². The largest absolute Gasteiger partial charge is 0.396 e. The smallest absolute Gasteiger partial charge is 0.244 e. The molecule has 3 rings (SSSR count). The second kappa shape index (κ2) is 8.58. The number of nitrogens with zero attached hydrogens (tertiary/aromatic N) is 1. The Balaban J connectivity index is 1.92. The van der Waals surface area contributed by atoms with Gasteiger partial charge in [-0.3, -0.25) is 14.4 Å². The molecule has 3 N–H and O–H groups in total. The van der Waals surface area contributed by atoms with Crippen LogP contribution in [0.3, 0.4) is 0 Å². The van der Waals surface area contributed by atoms with E-state index in [4.69, 9.17) is 0 Å². The Morgan fingerprint density at radius 1 is 1.19 bits per heavy atom. The van der Waals surface area contributed by atoms with Gasteiger partial charge in [0.25, 0.3) is 0 Å². The van der Waals surface area contributed by atoms with E-state index in [9.17, 15) is 19.5 Å². The van der Waals surface area contributed by atoms with E-state index in [0.29, 0.717) is 19.4 Å². The third-order valence-corrected chi connectivity index (χ3v) is 8.79. The van der Waals surface area contributed by atoms with Crippen LogP contribution in [-0.2, 0) is 14.4 Å². The number of fused-ring (bicyclic) bond motifs is 1. The van der Waals surface area contributed by atoms with Crippen molar-refractivity contribution < 1.29 is 19.5 Å². The van der Waals surface area contributed by atoms with Crippen molar-refractivity contribution >= 4 is 29.5 Å². The normalized spacial score (nSPS) is 32.4. The van der Waals surface area contributed by atoms with E-state index in [0.717, 1.165) is 19.3 Å². The lowest BCUT2D eigenvalue weighted by Crippen LogP contribution is -2.58. The van der Waals surface area contributed by atoms with E-state index in [-0.39, 0.29) is 40.9 Å². The number of carbonyl (C=O) groups is 3. The van der Waals surface area contributed by atoms with Crippen LogP contribution in [0.25, 0.3) is 0 Å². The Morgan fingerprint density at radius 3 is 2.45 bits per heavy atom. The van der Waals surface area contributed by atoms with E-state index in [1.165, 1.54) is 0 Å². The number of amides is 3. The zero-order chi connectivity index (χ0) is 23.2. The number of hydrogen-bond acceptors (Lipinski definition) is 5. The predicted octanol–water partition coefficient (Wildman–Crippen LogP) is 1.93. The fourth-order valence-electron chi connectivity index (χ4n) is 6.33. The van der Waals surface area contributed by atoms with Gasteiger partial charge in [-0.2, -0.15) is 0 Å². The van der Waals surface area contributed by atoms with E-state index >= 15 is 0 Å². The van der Waals surface area contributed by atoms with Crippen LogP contribution in [0.2, 0.25) is 0 Å². The van der Waals surface area contributed by atoms with Gasteiger partial charge < -0.3 is 20.6 Å². The average Bonchev–Trinajstić information content (AvgIpc) is 3.26. The van der Waals surface area contributed by atoms with Crippen molar-refractivity contribution in [1.82, 2.24) is 15.5 Å². The topological polar surface area (TPSA) is 98.7 Å². The summed E-state index contributed by atoms with van der Waals surface area (Å²) in [6, 6.07) is -0.576. The first-order valence-corrected chi connectivity index (χ1v) is 12.4. The molecule has 0 aromatic heterocycles. The molecule has 1 spiro atoms. The zero-order valence-corrected chi connectivity index (χ0v) is 20.6. The van der Waals surface area contributed by atoms with Crippen molar-refractivity contribution in [1.29, 1.82) is 0 Å². The maximum absolute atomic E-state index is 13.7. The molecule has 7 nitrogen and oxygen atoms in total. The lowest BCUT2D eigenvalue weighted by Gasteiger charge is -2.38. The van der Waals surface area contributed by atoms with Gasteiger partial charge in [-0.15, -0.1) is 11.8 Å². The molecule has 31 heavy (non-hydrogen) atoms. The molecule has 3 amide bonds. The van der Waals surface area contributed by atoms with Gasteiger partial charge in [0.2, 0.25) is 17.7 Å². The number of aliphatic hydroxyl groups excluding tert-OH is 1. The molecule has 3 aliphatic heterocycles. The molecular formula is C23H39N3O4S. The lowest BCUT2D eigenvalue weighted by molar-refractivity contribution is -0.140. The molecule has 5 atom stereocenters. The number of aliphatic hydroxyl groups is 1. The molecule has 3 fully saturated rings. The summed E-state index contributed by atoms with van der Waals surface area (Å²) in [5, 5.41) is 15.3. The number of likely N-dealkylation sites (tertiary alicyclic amines) is 1. The van der Waals surface area contributed by atoms with Gasteiger partial charge in [0.05, 0.1) is 16.6 Å². The lowest BCUT2D eigenvalue weighted by atomic mass is 9.70. The third kappa shape index (κ3) is 4.47. The molecule has 0 aliphatic carbocycles. The van der Waals surface area contributed by atoms with Gasteiger partial charge in [0.15, 0.2) is 0 Å². The van der Waals surface area contributed by atoms with Crippen molar-refractivity contribution in [2.24, 2.45) is 17.3 Å². The molecule has 0 aromatic carbocycles. The summed E-state index contributed by atoms with van der Waals surface area (Å²) in [4.78, 5) is 41.7. The second-order valence-electron chi connectivity index (χ2n) is 11.2. The summed E-state index contributed by atoms with van der Waals surface area (Å²) in [5.41, 5.74) is -0.361. The monoisotopic (exact) mass is 453 g/mol. The van der Waals surface area contributed by atoms with E-state index in [2.05, 4.69) is 31.4 Å². The quantitative estimate of drug-likeness (QED) is 0.488. The van der Waals surface area contributed by atoms with Crippen LogP contribution >= 0.6 is 11.8 Å². The predicted molar refractivity (Wildman–Crippen MR) is 123 cm³/mol. The summed E-state index contributed by atoms with van der Waals surface area (Å²) in [7, 11) is 1.61. The number of hydrogen-bond donors (Lipinski definition) is 3. The standard InChI is InChI=1S/C23H39N3O4S/c1-21(2,3)13-22(4,5)25-19(29)17-23-10-9-14(31-23)15(18(28)24-6)16(23)20(30)26(17)11-7-8-12-27/h14-17,27H,7-13H2,1-6H3,(H,24,28)(H,25,29)/t14-,15+,16+,17?,23?/m1/s1. The fraction of sp³-hybridized carbons (Fsp3) is 0.870. The van der Waals surface area contributed by atoms with E-state index in [1.54, 1.807) is 23.7 Å². The molecular weight excluding hydrogens is 414 g/mol. The molecule has 8 heteroatoms. The van der Waals surface area contributed by atoms with Crippen molar-refractivity contribution in [2.45, 2.75) is 88.3 Å². The Hall–Kier alpha value is -1.28. The van der Waals surface area contributed by atoms with Gasteiger partial charge in [0.1, 0.15) is 6.04 Å². The van der Waals surface area contributed by atoms with Gasteiger partial charge in [-0.1, -0.05) is 20.8 Å². The summed E-state index contributed by atoms with van der Waals surface area (Å²) in [5.74, 6) is -1.11. The molecule has 3 saturated heterocycles. The average molecular weight is 454 g/mol. The maximum Gasteiger partial charge on any atom is 0.244 e. The highest BCUT2D eigenvalue weighted by atomic mass is 32.2. The first-order chi connectivity index (χ1) is 14.4. The molecule has 0 aromatic rings. The fourth-order valence-corrected chi connectivity index (χ4v) is 8.55. The first kappa shape index (κ1) is 24.4. The van der Waals surface area contributed by atoms with Crippen LogP contribution in [0.5, 0.6) is 0 Å². The highest BCUT2D eigenvalue weighted by Crippen LogP contribution is 2.66. The SMILES string of the molecule is CNC(=O)[C@@H]1[C@H]2C(=O)N(CCCCO)C(C(=O)NC(C)(C)CC(C)(C)C)C23CC[C@H]1S3. The Morgan fingerprint density at radius 2 is 1.87 bits per heavy atom. The Labute approximate surface area is 190 Å². The van der Waals surface area contributed by atoms with Crippen molar-refractivity contribution in [2.75, 3.05) is 20.2 Å². The zero-order valence-electron chi connectivity index (χ0n) is 19.8. The number of rotatable bonds is 8. The maximum atomic E-state index is 13.7. The minimum atomic E-state index is -0.576. The van der Waals surface area contributed by atoms with Crippen molar-refractivity contribution in [3.05, 3.63) is 0 Å². The second-order valence-corrected chi connectivity index (χ2v) is 12.8.